The molecule has 28 heavy (non-hydrogen) atoms. The molecule has 0 aromatic heterocycles. The molecule has 0 atom stereocenters. The molecular formula is C25H25N3. The summed E-state index contributed by atoms with van der Waals surface area (Å²) >= 11 is 0. The molecule has 3 aromatic carbocycles. The average molecular weight is 367 g/mol. The van der Waals surface area contributed by atoms with Gasteiger partial charge in [-0.1, -0.05) is 91.0 Å². The summed E-state index contributed by atoms with van der Waals surface area (Å²) in [6.07, 6.45) is 2.43. The Labute approximate surface area is 167 Å². The van der Waals surface area contributed by atoms with Gasteiger partial charge in [0.25, 0.3) is 0 Å². The number of rotatable bonds is 4. The lowest BCUT2D eigenvalue weighted by Gasteiger charge is -2.21. The standard InChI is InChI=1S/C25H25N3/c1-4-12-21(13-5-1)20-26-24(22-14-6-2-7-15-22)27-25(28-18-10-11-19-28)23-16-8-3-9-17-23/h1-9,12-17H,10-11,18-20H2. The molecule has 3 nitrogen and oxygen atoms in total. The van der Waals surface area contributed by atoms with E-state index < -0.39 is 0 Å². The lowest BCUT2D eigenvalue weighted by Crippen LogP contribution is -2.29. The Bertz CT molecular complexity index is 925. The van der Waals surface area contributed by atoms with Crippen molar-refractivity contribution < 1.29 is 0 Å². The summed E-state index contributed by atoms with van der Waals surface area (Å²) in [4.78, 5) is 12.4. The van der Waals surface area contributed by atoms with Gasteiger partial charge in [0, 0.05) is 24.2 Å². The summed E-state index contributed by atoms with van der Waals surface area (Å²) in [6, 6.07) is 31.1. The molecule has 0 bridgehead atoms. The maximum Gasteiger partial charge on any atom is 0.157 e. The van der Waals surface area contributed by atoms with Crippen molar-refractivity contribution in [3.63, 3.8) is 0 Å². The molecule has 0 N–H and O–H groups in total. The maximum atomic E-state index is 5.11. The highest BCUT2D eigenvalue weighted by Crippen LogP contribution is 2.16. The van der Waals surface area contributed by atoms with Crippen molar-refractivity contribution in [3.05, 3.63) is 108 Å². The van der Waals surface area contributed by atoms with Crippen molar-refractivity contribution in [2.75, 3.05) is 13.1 Å². The van der Waals surface area contributed by atoms with Gasteiger partial charge >= 0.3 is 0 Å². The monoisotopic (exact) mass is 367 g/mol. The molecule has 4 rings (SSSR count). The lowest BCUT2D eigenvalue weighted by molar-refractivity contribution is 0.521. The highest BCUT2D eigenvalue weighted by Gasteiger charge is 2.19. The molecular weight excluding hydrogens is 342 g/mol. The van der Waals surface area contributed by atoms with E-state index in [0.29, 0.717) is 6.54 Å². The van der Waals surface area contributed by atoms with Crippen LogP contribution in [0.1, 0.15) is 29.5 Å². The number of nitrogens with zero attached hydrogens (tertiary/aromatic N) is 3. The molecule has 140 valence electrons. The van der Waals surface area contributed by atoms with Crippen LogP contribution >= 0.6 is 0 Å². The van der Waals surface area contributed by atoms with E-state index in [1.54, 1.807) is 0 Å². The van der Waals surface area contributed by atoms with Crippen molar-refractivity contribution in [2.45, 2.75) is 19.4 Å². The van der Waals surface area contributed by atoms with Crippen LogP contribution in [0.2, 0.25) is 0 Å². The van der Waals surface area contributed by atoms with E-state index in [1.165, 1.54) is 18.4 Å². The molecule has 1 heterocycles. The number of benzene rings is 3. The first-order valence-electron chi connectivity index (χ1n) is 9.93. The van der Waals surface area contributed by atoms with Gasteiger partial charge in [-0.25, -0.2) is 4.99 Å². The highest BCUT2D eigenvalue weighted by molar-refractivity contribution is 6.11. The normalized spacial score (nSPS) is 15.1. The second-order valence-corrected chi connectivity index (χ2v) is 6.99. The van der Waals surface area contributed by atoms with Gasteiger partial charge in [0.15, 0.2) is 5.84 Å². The van der Waals surface area contributed by atoms with Gasteiger partial charge < -0.3 is 4.90 Å². The smallest absolute Gasteiger partial charge is 0.157 e. The quantitative estimate of drug-likeness (QED) is 0.461. The van der Waals surface area contributed by atoms with Crippen LogP contribution < -0.4 is 0 Å². The summed E-state index contributed by atoms with van der Waals surface area (Å²) < 4.78 is 0. The maximum absolute atomic E-state index is 5.11. The third kappa shape index (κ3) is 4.55. The van der Waals surface area contributed by atoms with Gasteiger partial charge in [0.1, 0.15) is 5.84 Å². The summed E-state index contributed by atoms with van der Waals surface area (Å²) in [5, 5.41) is 0. The number of aliphatic imine (C=N–C) groups is 2. The Hall–Kier alpha value is -3.20. The zero-order chi connectivity index (χ0) is 19.0. The molecule has 0 radical (unpaired) electrons. The van der Waals surface area contributed by atoms with Gasteiger partial charge in [-0.3, -0.25) is 4.99 Å². The average Bonchev–Trinajstić information content (AvgIpc) is 3.30. The topological polar surface area (TPSA) is 28.0 Å². The molecule has 0 unspecified atom stereocenters. The zero-order valence-electron chi connectivity index (χ0n) is 16.0. The van der Waals surface area contributed by atoms with Crippen LogP contribution in [-0.2, 0) is 6.54 Å². The summed E-state index contributed by atoms with van der Waals surface area (Å²) in [6.45, 7) is 2.72. The van der Waals surface area contributed by atoms with Crippen LogP contribution in [0.3, 0.4) is 0 Å². The number of hydrogen-bond donors (Lipinski definition) is 0. The molecule has 3 heteroatoms. The van der Waals surface area contributed by atoms with Crippen LogP contribution in [0.25, 0.3) is 0 Å². The second kappa shape index (κ2) is 9.14. The van der Waals surface area contributed by atoms with E-state index in [9.17, 15) is 0 Å². The van der Waals surface area contributed by atoms with Crippen molar-refractivity contribution in [1.29, 1.82) is 0 Å². The first-order valence-corrected chi connectivity index (χ1v) is 9.93. The van der Waals surface area contributed by atoms with Crippen LogP contribution in [-0.4, -0.2) is 29.7 Å². The van der Waals surface area contributed by atoms with Crippen LogP contribution in [0.15, 0.2) is 101 Å². The molecule has 3 aromatic rings. The van der Waals surface area contributed by atoms with Crippen molar-refractivity contribution in [3.8, 4) is 0 Å². The summed E-state index contributed by atoms with van der Waals surface area (Å²) in [5.41, 5.74) is 3.38. The number of hydrogen-bond acceptors (Lipinski definition) is 1. The van der Waals surface area contributed by atoms with E-state index in [1.807, 2.05) is 30.3 Å². The number of likely N-dealkylation sites (tertiary alicyclic amines) is 1. The minimum Gasteiger partial charge on any atom is -0.356 e. The fourth-order valence-corrected chi connectivity index (χ4v) is 3.46. The fourth-order valence-electron chi connectivity index (χ4n) is 3.46. The molecule has 1 fully saturated rings. The van der Waals surface area contributed by atoms with Crippen LogP contribution in [0.4, 0.5) is 0 Å². The Balaban J connectivity index is 1.75. The number of amidine groups is 2. The van der Waals surface area contributed by atoms with Crippen LogP contribution in [0.5, 0.6) is 0 Å². The van der Waals surface area contributed by atoms with Gasteiger partial charge in [0.05, 0.1) is 6.54 Å². The molecule has 0 amide bonds. The zero-order valence-corrected chi connectivity index (χ0v) is 16.0. The van der Waals surface area contributed by atoms with E-state index >= 15 is 0 Å². The Morgan fingerprint density at radius 2 is 1.21 bits per heavy atom. The molecule has 0 spiro atoms. The van der Waals surface area contributed by atoms with Gasteiger partial charge in [0.2, 0.25) is 0 Å². The van der Waals surface area contributed by atoms with Crippen molar-refractivity contribution >= 4 is 11.7 Å². The minimum atomic E-state index is 0.622. The third-order valence-corrected chi connectivity index (χ3v) is 4.94. The second-order valence-electron chi connectivity index (χ2n) is 6.99. The van der Waals surface area contributed by atoms with E-state index in [0.717, 1.165) is 35.9 Å². The molecule has 0 saturated carbocycles. The summed E-state index contributed by atoms with van der Waals surface area (Å²) in [7, 11) is 0. The van der Waals surface area contributed by atoms with Gasteiger partial charge in [-0.2, -0.15) is 0 Å². The van der Waals surface area contributed by atoms with E-state index in [-0.39, 0.29) is 0 Å². The minimum absolute atomic E-state index is 0.622. The Kier molecular flexibility index (Phi) is 5.93. The van der Waals surface area contributed by atoms with Crippen molar-refractivity contribution in [2.24, 2.45) is 9.98 Å². The van der Waals surface area contributed by atoms with E-state index in [2.05, 4.69) is 65.6 Å². The first kappa shape index (κ1) is 18.2. The van der Waals surface area contributed by atoms with E-state index in [4.69, 9.17) is 9.98 Å². The molecule has 1 aliphatic rings. The van der Waals surface area contributed by atoms with Gasteiger partial charge in [-0.15, -0.1) is 0 Å². The predicted octanol–water partition coefficient (Wildman–Crippen LogP) is 5.18. The summed E-state index contributed by atoms with van der Waals surface area (Å²) in [5.74, 6) is 1.81. The third-order valence-electron chi connectivity index (χ3n) is 4.94. The first-order chi connectivity index (χ1) is 13.9. The van der Waals surface area contributed by atoms with Gasteiger partial charge in [-0.05, 0) is 18.4 Å². The fraction of sp³-hybridized carbons (Fsp3) is 0.200. The molecule has 1 saturated heterocycles. The predicted molar refractivity (Wildman–Crippen MR) is 117 cm³/mol. The SMILES string of the molecule is c1ccc(CN=C(N=C(c2ccccc2)N2CCCC2)c2ccccc2)cc1. The Morgan fingerprint density at radius 3 is 1.82 bits per heavy atom. The van der Waals surface area contributed by atoms with Crippen molar-refractivity contribution in [1.82, 2.24) is 4.90 Å². The Morgan fingerprint density at radius 1 is 0.679 bits per heavy atom. The van der Waals surface area contributed by atoms with Crippen LogP contribution in [0, 0.1) is 0 Å². The molecule has 1 aliphatic heterocycles. The molecule has 0 aliphatic carbocycles. The lowest BCUT2D eigenvalue weighted by atomic mass is 10.1. The highest BCUT2D eigenvalue weighted by atomic mass is 15.2. The largest absolute Gasteiger partial charge is 0.356 e.